The zero-order chi connectivity index (χ0) is 21.4. The molecule has 1 aromatic carbocycles. The van der Waals surface area contributed by atoms with Crippen LogP contribution in [0.3, 0.4) is 0 Å². The Morgan fingerprint density at radius 3 is 2.84 bits per heavy atom. The molecule has 4 aliphatic rings. The summed E-state index contributed by atoms with van der Waals surface area (Å²) in [5.41, 5.74) is 2.74. The number of nitrogens with zero attached hydrogens (tertiary/aromatic N) is 2. The minimum Gasteiger partial charge on any atom is -0.378 e. The normalized spacial score (nSPS) is 29.7. The van der Waals surface area contributed by atoms with E-state index < -0.39 is 6.04 Å². The van der Waals surface area contributed by atoms with Crippen LogP contribution in [0.15, 0.2) is 18.2 Å². The van der Waals surface area contributed by atoms with Crippen LogP contribution in [-0.4, -0.2) is 72.0 Å². The largest absolute Gasteiger partial charge is 0.378 e. The summed E-state index contributed by atoms with van der Waals surface area (Å²) in [5, 5.41) is 6.02. The predicted molar refractivity (Wildman–Crippen MR) is 113 cm³/mol. The Balaban J connectivity index is 1.30. The lowest BCUT2D eigenvalue weighted by Gasteiger charge is -2.42. The molecule has 31 heavy (non-hydrogen) atoms. The molecule has 0 aliphatic carbocycles. The summed E-state index contributed by atoms with van der Waals surface area (Å²) in [6, 6.07) is 6.33. The molecule has 166 valence electrons. The summed E-state index contributed by atoms with van der Waals surface area (Å²) in [4.78, 5) is 40.9. The maximum Gasteiger partial charge on any atom is 0.255 e. The van der Waals surface area contributed by atoms with Crippen molar-refractivity contribution in [1.82, 2.24) is 20.4 Å². The number of rotatable bonds is 4. The van der Waals surface area contributed by atoms with E-state index in [0.717, 1.165) is 44.0 Å². The molecule has 3 saturated heterocycles. The number of ether oxygens (including phenoxy) is 1. The molecule has 8 nitrogen and oxygen atoms in total. The molecule has 0 spiro atoms. The first kappa shape index (κ1) is 20.6. The minimum atomic E-state index is -0.568. The third-order valence-electron chi connectivity index (χ3n) is 7.07. The Morgan fingerprint density at radius 2 is 2.03 bits per heavy atom. The van der Waals surface area contributed by atoms with Crippen LogP contribution < -0.4 is 10.6 Å². The van der Waals surface area contributed by atoms with E-state index in [4.69, 9.17) is 4.74 Å². The first-order valence-corrected chi connectivity index (χ1v) is 11.4. The van der Waals surface area contributed by atoms with Crippen LogP contribution in [0.2, 0.25) is 0 Å². The average molecular weight is 427 g/mol. The molecule has 0 saturated carbocycles. The average Bonchev–Trinajstić information content (AvgIpc) is 3.11. The van der Waals surface area contributed by atoms with Crippen LogP contribution in [0.5, 0.6) is 0 Å². The predicted octanol–water partition coefficient (Wildman–Crippen LogP) is 0.791. The Morgan fingerprint density at radius 1 is 1.13 bits per heavy atom. The lowest BCUT2D eigenvalue weighted by molar-refractivity contribution is -0.136. The molecule has 1 aromatic rings. The van der Waals surface area contributed by atoms with Gasteiger partial charge < -0.3 is 15.0 Å². The molecule has 3 unspecified atom stereocenters. The van der Waals surface area contributed by atoms with Crippen LogP contribution in [0.4, 0.5) is 0 Å². The van der Waals surface area contributed by atoms with E-state index in [2.05, 4.69) is 21.6 Å². The van der Waals surface area contributed by atoms with E-state index in [1.165, 1.54) is 19.3 Å². The maximum atomic E-state index is 13.1. The van der Waals surface area contributed by atoms with Crippen molar-refractivity contribution in [3.05, 3.63) is 34.9 Å². The summed E-state index contributed by atoms with van der Waals surface area (Å²) >= 11 is 0. The zero-order valence-electron chi connectivity index (χ0n) is 17.8. The molecule has 8 heteroatoms. The van der Waals surface area contributed by atoms with Gasteiger partial charge in [0.1, 0.15) is 6.04 Å². The second kappa shape index (κ2) is 8.68. The molecule has 3 amide bonds. The fourth-order valence-electron chi connectivity index (χ4n) is 5.37. The number of fused-ring (bicyclic) bond motifs is 1. The number of hydrogen-bond donors (Lipinski definition) is 2. The second-order valence-electron chi connectivity index (χ2n) is 9.06. The third-order valence-corrected chi connectivity index (χ3v) is 7.07. The number of morpholine rings is 1. The van der Waals surface area contributed by atoms with E-state index in [9.17, 15) is 14.4 Å². The molecule has 4 heterocycles. The van der Waals surface area contributed by atoms with Crippen molar-refractivity contribution in [2.75, 3.05) is 26.3 Å². The molecule has 3 fully saturated rings. The van der Waals surface area contributed by atoms with Crippen molar-refractivity contribution in [2.45, 2.75) is 63.3 Å². The van der Waals surface area contributed by atoms with Gasteiger partial charge in [0.05, 0.1) is 13.2 Å². The van der Waals surface area contributed by atoms with E-state index >= 15 is 0 Å². The minimum absolute atomic E-state index is 0.112. The first-order chi connectivity index (χ1) is 15.1. The highest BCUT2D eigenvalue weighted by molar-refractivity contribution is 6.05. The second-order valence-corrected chi connectivity index (χ2v) is 9.06. The van der Waals surface area contributed by atoms with Crippen LogP contribution in [0.25, 0.3) is 0 Å². The quantitative estimate of drug-likeness (QED) is 0.692. The molecule has 0 aromatic heterocycles. The van der Waals surface area contributed by atoms with Crippen molar-refractivity contribution in [3.8, 4) is 0 Å². The fraction of sp³-hybridized carbons (Fsp3) is 0.609. The molecule has 0 radical (unpaired) electrons. The Hall–Kier alpha value is -2.29. The monoisotopic (exact) mass is 426 g/mol. The molecule has 2 N–H and O–H groups in total. The van der Waals surface area contributed by atoms with Gasteiger partial charge in [0.15, 0.2) is 0 Å². The molecule has 5 rings (SSSR count). The highest BCUT2D eigenvalue weighted by atomic mass is 16.5. The fourth-order valence-corrected chi connectivity index (χ4v) is 5.37. The Bertz CT molecular complexity index is 882. The molecule has 0 bridgehead atoms. The standard InChI is InChI=1S/C23H30N4O4/c28-21-7-6-19(22(29)25-21)27-13-16-5-4-15(11-17(16)23(27)30)12-26-9-10-31-14-20(26)18-3-1-2-8-24-18/h4-5,11,18-20,24H,1-3,6-10,12-14H2,(H,25,28,29). The number of amides is 3. The Kier molecular flexibility index (Phi) is 5.77. The molecular weight excluding hydrogens is 396 g/mol. The molecular formula is C23H30N4O4. The number of hydrogen-bond acceptors (Lipinski definition) is 6. The van der Waals surface area contributed by atoms with Crippen molar-refractivity contribution >= 4 is 17.7 Å². The van der Waals surface area contributed by atoms with Gasteiger partial charge in [-0.05, 0) is 43.0 Å². The van der Waals surface area contributed by atoms with Gasteiger partial charge in [-0.1, -0.05) is 18.6 Å². The summed E-state index contributed by atoms with van der Waals surface area (Å²) in [6.45, 7) is 4.63. The van der Waals surface area contributed by atoms with Gasteiger partial charge >= 0.3 is 0 Å². The van der Waals surface area contributed by atoms with Gasteiger partial charge in [0.25, 0.3) is 5.91 Å². The zero-order valence-corrected chi connectivity index (χ0v) is 17.8. The summed E-state index contributed by atoms with van der Waals surface area (Å²) in [6.07, 6.45) is 4.33. The summed E-state index contributed by atoms with van der Waals surface area (Å²) < 4.78 is 5.79. The summed E-state index contributed by atoms with van der Waals surface area (Å²) in [5.74, 6) is -0.743. The highest BCUT2D eigenvalue weighted by Crippen LogP contribution is 2.29. The van der Waals surface area contributed by atoms with Gasteiger partial charge in [-0.2, -0.15) is 0 Å². The Labute approximate surface area is 182 Å². The molecule has 4 aliphatic heterocycles. The highest BCUT2D eigenvalue weighted by Gasteiger charge is 2.39. The third kappa shape index (κ3) is 4.12. The van der Waals surface area contributed by atoms with Gasteiger partial charge in [0, 0.05) is 43.7 Å². The maximum absolute atomic E-state index is 13.1. The lowest BCUT2D eigenvalue weighted by atomic mass is 9.96. The van der Waals surface area contributed by atoms with Crippen LogP contribution in [-0.2, 0) is 27.4 Å². The SMILES string of the molecule is O=C1CCC(N2Cc3ccc(CN4CCOCC4C4CCCCN4)cc3C2=O)C(=O)N1. The van der Waals surface area contributed by atoms with Crippen LogP contribution in [0.1, 0.15) is 53.6 Å². The number of carbonyl (C=O) groups excluding carboxylic acids is 3. The lowest BCUT2D eigenvalue weighted by Crippen LogP contribution is -2.56. The van der Waals surface area contributed by atoms with Crippen molar-refractivity contribution in [1.29, 1.82) is 0 Å². The van der Waals surface area contributed by atoms with E-state index in [0.29, 0.717) is 30.6 Å². The van der Waals surface area contributed by atoms with Crippen LogP contribution >= 0.6 is 0 Å². The van der Waals surface area contributed by atoms with Gasteiger partial charge in [0.2, 0.25) is 11.8 Å². The first-order valence-electron chi connectivity index (χ1n) is 11.4. The number of imide groups is 1. The molecule has 3 atom stereocenters. The van der Waals surface area contributed by atoms with Gasteiger partial charge in [-0.15, -0.1) is 0 Å². The number of carbonyl (C=O) groups is 3. The van der Waals surface area contributed by atoms with Gasteiger partial charge in [-0.3, -0.25) is 24.6 Å². The van der Waals surface area contributed by atoms with Gasteiger partial charge in [-0.25, -0.2) is 0 Å². The number of benzene rings is 1. The van der Waals surface area contributed by atoms with Crippen molar-refractivity contribution < 1.29 is 19.1 Å². The van der Waals surface area contributed by atoms with E-state index in [-0.39, 0.29) is 24.1 Å². The van der Waals surface area contributed by atoms with E-state index in [1.807, 2.05) is 12.1 Å². The number of piperidine rings is 2. The van der Waals surface area contributed by atoms with Crippen molar-refractivity contribution in [3.63, 3.8) is 0 Å². The van der Waals surface area contributed by atoms with E-state index in [1.54, 1.807) is 4.90 Å². The summed E-state index contributed by atoms with van der Waals surface area (Å²) in [7, 11) is 0. The number of nitrogens with one attached hydrogen (secondary N) is 2. The topological polar surface area (TPSA) is 91.0 Å². The van der Waals surface area contributed by atoms with Crippen molar-refractivity contribution in [2.24, 2.45) is 0 Å². The van der Waals surface area contributed by atoms with Crippen LogP contribution in [0, 0.1) is 0 Å². The smallest absolute Gasteiger partial charge is 0.255 e.